The van der Waals surface area contributed by atoms with Gasteiger partial charge in [-0.15, -0.1) is 0 Å². The molecule has 1 heterocycles. The summed E-state index contributed by atoms with van der Waals surface area (Å²) in [4.78, 5) is 0. The molecule has 0 saturated heterocycles. The number of para-hydroxylation sites is 1. The SMILES string of the molecule is CC(C)c1cccc(C(C)C)c1[N+]1=C([B-](C#N)([Se]c2ccccc2)[Se]c2ccccc2)C(C)(C)CC1(C)C. The molecule has 0 aromatic heterocycles. The zero-order valence-corrected chi connectivity index (χ0v) is 27.6. The first-order valence-corrected chi connectivity index (χ1v) is 17.5. The molecule has 0 unspecified atom stereocenters. The van der Waals surface area contributed by atoms with E-state index in [1.54, 1.807) is 0 Å². The number of hydrogen-bond acceptors (Lipinski definition) is 1. The van der Waals surface area contributed by atoms with Gasteiger partial charge in [0.05, 0.1) is 0 Å². The van der Waals surface area contributed by atoms with E-state index in [9.17, 15) is 5.26 Å². The average Bonchev–Trinajstić information content (AvgIpc) is 3.07. The van der Waals surface area contributed by atoms with Gasteiger partial charge in [0.25, 0.3) is 0 Å². The predicted octanol–water partition coefficient (Wildman–Crippen LogP) is 6.33. The van der Waals surface area contributed by atoms with Gasteiger partial charge in [0.15, 0.2) is 0 Å². The molecule has 38 heavy (non-hydrogen) atoms. The molecule has 0 atom stereocenters. The molecule has 0 saturated carbocycles. The van der Waals surface area contributed by atoms with Crippen molar-refractivity contribution in [1.82, 2.24) is 0 Å². The van der Waals surface area contributed by atoms with Crippen molar-refractivity contribution >= 4 is 53.6 Å². The second kappa shape index (κ2) is 11.2. The van der Waals surface area contributed by atoms with Gasteiger partial charge >= 0.3 is 244 Å². The molecule has 3 aromatic carbocycles. The Balaban J connectivity index is 2.13. The minimum absolute atomic E-state index is 0.00188. The van der Waals surface area contributed by atoms with Crippen LogP contribution in [-0.2, 0) is 0 Å². The van der Waals surface area contributed by atoms with Gasteiger partial charge in [0.2, 0.25) is 0 Å². The zero-order valence-electron chi connectivity index (χ0n) is 24.2. The summed E-state index contributed by atoms with van der Waals surface area (Å²) in [5.41, 5.74) is 5.33. The van der Waals surface area contributed by atoms with Crippen LogP contribution in [0.1, 0.15) is 84.8 Å². The number of nitrogens with zero attached hydrogens (tertiary/aromatic N) is 2. The van der Waals surface area contributed by atoms with Crippen LogP contribution < -0.4 is 8.92 Å². The van der Waals surface area contributed by atoms with Gasteiger partial charge in [-0.2, -0.15) is 0 Å². The molecule has 0 fully saturated rings. The molecular weight excluding hydrogens is 593 g/mol. The molecule has 1 aliphatic rings. The van der Waals surface area contributed by atoms with E-state index in [0.717, 1.165) is 6.42 Å². The van der Waals surface area contributed by atoms with E-state index in [4.69, 9.17) is 0 Å². The van der Waals surface area contributed by atoms with Crippen LogP contribution in [0.4, 0.5) is 5.69 Å². The number of rotatable bonds is 8. The fourth-order valence-electron chi connectivity index (χ4n) is 6.39. The molecule has 1 aliphatic heterocycles. The molecule has 0 aliphatic carbocycles. The van der Waals surface area contributed by atoms with Crippen LogP contribution in [0.2, 0.25) is 0 Å². The first-order valence-electron chi connectivity index (χ1n) is 13.8. The van der Waals surface area contributed by atoms with Gasteiger partial charge in [-0.3, -0.25) is 0 Å². The molecule has 0 bridgehead atoms. The maximum atomic E-state index is 11.3. The third kappa shape index (κ3) is 5.62. The zero-order chi connectivity index (χ0) is 27.7. The Hall–Kier alpha value is -2.08. The Kier molecular flexibility index (Phi) is 8.52. The van der Waals surface area contributed by atoms with Crippen LogP contribution in [0, 0.1) is 16.6 Å². The Morgan fingerprint density at radius 1 is 0.737 bits per heavy atom. The second-order valence-electron chi connectivity index (χ2n) is 12.4. The van der Waals surface area contributed by atoms with Crippen LogP contribution in [0.3, 0.4) is 0 Å². The van der Waals surface area contributed by atoms with E-state index >= 15 is 0 Å². The Labute approximate surface area is 242 Å². The first-order chi connectivity index (χ1) is 17.9. The van der Waals surface area contributed by atoms with E-state index in [1.165, 1.54) is 31.3 Å². The molecule has 3 aromatic rings. The molecule has 0 amide bonds. The van der Waals surface area contributed by atoms with Crippen LogP contribution in [0.5, 0.6) is 0 Å². The van der Waals surface area contributed by atoms with Crippen molar-refractivity contribution in [3.63, 3.8) is 0 Å². The molecule has 0 spiro atoms. The molecule has 4 rings (SSSR count). The molecule has 5 heteroatoms. The van der Waals surface area contributed by atoms with E-state index in [-0.39, 0.29) is 40.5 Å². The first kappa shape index (κ1) is 28.9. The maximum absolute atomic E-state index is 11.3. The molecule has 0 radical (unpaired) electrons. The monoisotopic (exact) mass is 636 g/mol. The van der Waals surface area contributed by atoms with Gasteiger partial charge in [-0.25, -0.2) is 0 Å². The van der Waals surface area contributed by atoms with E-state index in [1.807, 2.05) is 0 Å². The van der Waals surface area contributed by atoms with Crippen molar-refractivity contribution in [2.45, 2.75) is 79.2 Å². The minimum atomic E-state index is -1.50. The van der Waals surface area contributed by atoms with Crippen LogP contribution in [0.25, 0.3) is 0 Å². The van der Waals surface area contributed by atoms with E-state index < -0.39 is 3.77 Å². The summed E-state index contributed by atoms with van der Waals surface area (Å²) >= 11 is 0.00376. The molecular formula is C33H41BN2Se2. The van der Waals surface area contributed by atoms with Crippen LogP contribution in [-0.4, -0.2) is 49.1 Å². The van der Waals surface area contributed by atoms with Gasteiger partial charge in [-0.1, -0.05) is 0 Å². The van der Waals surface area contributed by atoms with Crippen molar-refractivity contribution in [2.24, 2.45) is 5.41 Å². The fourth-order valence-corrected chi connectivity index (χ4v) is 14.8. The molecule has 0 N–H and O–H groups in total. The number of nitriles is 1. The van der Waals surface area contributed by atoms with Gasteiger partial charge in [0.1, 0.15) is 0 Å². The number of hydrogen-bond donors (Lipinski definition) is 0. The molecule has 198 valence electrons. The van der Waals surface area contributed by atoms with Crippen molar-refractivity contribution in [1.29, 1.82) is 5.26 Å². The van der Waals surface area contributed by atoms with Crippen LogP contribution in [0.15, 0.2) is 78.9 Å². The van der Waals surface area contributed by atoms with Crippen LogP contribution >= 0.6 is 0 Å². The quantitative estimate of drug-likeness (QED) is 0.210. The topological polar surface area (TPSA) is 26.8 Å². The van der Waals surface area contributed by atoms with Crippen molar-refractivity contribution in [3.8, 4) is 5.97 Å². The second-order valence-corrected chi connectivity index (χ2v) is 19.8. The summed E-state index contributed by atoms with van der Waals surface area (Å²) in [7, 11) is 0. The summed E-state index contributed by atoms with van der Waals surface area (Å²) in [5.74, 6) is 3.88. The summed E-state index contributed by atoms with van der Waals surface area (Å²) in [6.07, 6.45) is 1.03. The third-order valence-electron chi connectivity index (χ3n) is 7.60. The summed E-state index contributed by atoms with van der Waals surface area (Å²) in [5, 5.41) is 11.3. The fraction of sp³-hybridized carbons (Fsp3) is 0.394. The number of benzene rings is 3. The van der Waals surface area contributed by atoms with E-state index in [0.29, 0.717) is 11.8 Å². The standard InChI is InChI=1S/C33H41BN2Se2/c1-24(2)28-20-15-21-29(25(3)4)30(28)36-31(32(5,6)22-33(36,7)8)34(23-35,37-26-16-11-9-12-17-26)38-27-18-13-10-14-19-27/h9-21,24-25H,22H2,1-8H3. The average molecular weight is 634 g/mol. The third-order valence-corrected chi connectivity index (χ3v) is 14.8. The summed E-state index contributed by atoms with van der Waals surface area (Å²) in [6, 6.07) is 28.5. The Morgan fingerprint density at radius 3 is 1.58 bits per heavy atom. The normalized spacial score (nSPS) is 16.8. The van der Waals surface area contributed by atoms with Gasteiger partial charge in [-0.05, 0) is 0 Å². The van der Waals surface area contributed by atoms with Crippen molar-refractivity contribution in [3.05, 3.63) is 90.0 Å². The predicted molar refractivity (Wildman–Crippen MR) is 167 cm³/mol. The Morgan fingerprint density at radius 2 is 1.18 bits per heavy atom. The summed E-state index contributed by atoms with van der Waals surface area (Å²) < 4.78 is 3.82. The van der Waals surface area contributed by atoms with Crippen molar-refractivity contribution in [2.75, 3.05) is 0 Å². The van der Waals surface area contributed by atoms with Gasteiger partial charge < -0.3 is 0 Å². The Bertz CT molecular complexity index is 1280. The van der Waals surface area contributed by atoms with Crippen molar-refractivity contribution < 1.29 is 4.58 Å². The van der Waals surface area contributed by atoms with Gasteiger partial charge in [0, 0.05) is 0 Å². The van der Waals surface area contributed by atoms with E-state index in [2.05, 4.69) is 145 Å². The molecule has 2 nitrogen and oxygen atoms in total. The summed E-state index contributed by atoms with van der Waals surface area (Å²) in [6.45, 7) is 18.8.